The molecule has 1 heterocycles. The van der Waals surface area contributed by atoms with Crippen LogP contribution in [0.3, 0.4) is 0 Å². The zero-order chi connectivity index (χ0) is 23.2. The molecule has 0 spiro atoms. The van der Waals surface area contributed by atoms with Crippen LogP contribution in [-0.2, 0) is 10.7 Å². The first-order chi connectivity index (χ1) is 14.2. The van der Waals surface area contributed by atoms with Crippen molar-refractivity contribution in [2.45, 2.75) is 49.6 Å². The number of rotatable bonds is 5. The van der Waals surface area contributed by atoms with E-state index in [-0.39, 0.29) is 17.7 Å². The number of amides is 1. The van der Waals surface area contributed by atoms with Crippen LogP contribution < -0.4 is 5.32 Å². The quantitative estimate of drug-likeness (QED) is 0.536. The van der Waals surface area contributed by atoms with Crippen molar-refractivity contribution in [1.29, 1.82) is 0 Å². The minimum absolute atomic E-state index is 0.155. The lowest BCUT2D eigenvalue weighted by molar-refractivity contribution is -0.399. The molecule has 2 aromatic rings. The molecule has 0 saturated heterocycles. The minimum atomic E-state index is -7.01. The van der Waals surface area contributed by atoms with Gasteiger partial charge >= 0.3 is 23.9 Å². The molecule has 3 nitrogen and oxygen atoms in total. The number of pyridine rings is 1. The maximum absolute atomic E-state index is 14.5. The lowest BCUT2D eigenvalue weighted by Gasteiger charge is -2.34. The molecule has 1 aromatic heterocycles. The van der Waals surface area contributed by atoms with Gasteiger partial charge in [-0.3, -0.25) is 9.78 Å². The number of anilines is 1. The van der Waals surface area contributed by atoms with E-state index in [1.807, 2.05) is 0 Å². The lowest BCUT2D eigenvalue weighted by atomic mass is 9.93. The van der Waals surface area contributed by atoms with Crippen LogP contribution in [0.25, 0.3) is 10.9 Å². The van der Waals surface area contributed by atoms with Crippen LogP contribution in [-0.4, -0.2) is 28.9 Å². The molecule has 12 heteroatoms. The number of fused-ring (bicyclic) bond motifs is 1. The zero-order valence-corrected chi connectivity index (χ0v) is 15.5. The second-order valence-corrected chi connectivity index (χ2v) is 7.25. The van der Waals surface area contributed by atoms with Crippen molar-refractivity contribution in [3.8, 4) is 0 Å². The fourth-order valence-electron chi connectivity index (χ4n) is 3.51. The van der Waals surface area contributed by atoms with Crippen LogP contribution in [0.1, 0.15) is 31.2 Å². The molecule has 0 aliphatic heterocycles. The van der Waals surface area contributed by atoms with E-state index in [2.05, 4.69) is 10.3 Å². The molecule has 3 rings (SSSR count). The summed E-state index contributed by atoms with van der Waals surface area (Å²) < 4.78 is 121. The largest absolute Gasteiger partial charge is 0.460 e. The molecule has 1 aliphatic rings. The van der Waals surface area contributed by atoms with Gasteiger partial charge in [0.05, 0.1) is 11.2 Å². The lowest BCUT2D eigenvalue weighted by Crippen LogP contribution is -2.59. The van der Waals surface area contributed by atoms with Gasteiger partial charge in [-0.2, -0.15) is 39.5 Å². The molecule has 1 fully saturated rings. The standard InChI is InChI=1S/C19H15F9N2O/c20-16(21,17(22,23)18(24,25)19(26,27)28)12-7-8-13(14-11(12)6-3-9-29-14)30-15(31)10-4-1-2-5-10/h3,6-10H,1-2,4-5H2,(H,30,31). The van der Waals surface area contributed by atoms with Crippen LogP contribution in [0, 0.1) is 5.92 Å². The second-order valence-electron chi connectivity index (χ2n) is 7.25. The van der Waals surface area contributed by atoms with Crippen molar-refractivity contribution < 1.29 is 44.3 Å². The summed E-state index contributed by atoms with van der Waals surface area (Å²) in [6.45, 7) is 0. The highest BCUT2D eigenvalue weighted by Gasteiger charge is 2.82. The highest BCUT2D eigenvalue weighted by Crippen LogP contribution is 2.57. The van der Waals surface area contributed by atoms with Gasteiger partial charge in [0, 0.05) is 23.1 Å². The highest BCUT2D eigenvalue weighted by molar-refractivity contribution is 6.02. The van der Waals surface area contributed by atoms with Crippen LogP contribution >= 0.6 is 0 Å². The molecule has 170 valence electrons. The van der Waals surface area contributed by atoms with E-state index in [0.717, 1.165) is 37.2 Å². The van der Waals surface area contributed by atoms with E-state index in [0.29, 0.717) is 12.8 Å². The monoisotopic (exact) mass is 458 g/mol. The van der Waals surface area contributed by atoms with Gasteiger partial charge in [-0.15, -0.1) is 0 Å². The second kappa shape index (κ2) is 7.56. The molecule has 1 aromatic carbocycles. The number of hydrogen-bond acceptors (Lipinski definition) is 2. The van der Waals surface area contributed by atoms with Gasteiger partial charge in [-0.05, 0) is 31.0 Å². The number of aromatic nitrogens is 1. The number of carbonyl (C=O) groups is 1. The van der Waals surface area contributed by atoms with Crippen molar-refractivity contribution in [1.82, 2.24) is 4.98 Å². The maximum Gasteiger partial charge on any atom is 0.460 e. The fraction of sp³-hybridized carbons (Fsp3) is 0.474. The SMILES string of the molecule is O=C(Nc1ccc(C(F)(F)C(F)(F)C(F)(F)C(F)(F)F)c2cccnc12)C1CCCC1. The molecule has 1 N–H and O–H groups in total. The molecular formula is C19H15F9N2O. The van der Waals surface area contributed by atoms with Crippen molar-refractivity contribution in [3.63, 3.8) is 0 Å². The van der Waals surface area contributed by atoms with Crippen LogP contribution in [0.5, 0.6) is 0 Å². The first kappa shape index (κ1) is 23.1. The predicted molar refractivity (Wildman–Crippen MR) is 92.2 cm³/mol. The molecule has 0 radical (unpaired) electrons. The molecule has 0 unspecified atom stereocenters. The summed E-state index contributed by atoms with van der Waals surface area (Å²) in [6, 6.07) is 2.85. The Kier molecular flexibility index (Phi) is 5.64. The first-order valence-corrected chi connectivity index (χ1v) is 9.11. The van der Waals surface area contributed by atoms with Gasteiger partial charge in [0.25, 0.3) is 0 Å². The summed E-state index contributed by atoms with van der Waals surface area (Å²) in [7, 11) is 0. The first-order valence-electron chi connectivity index (χ1n) is 9.11. The van der Waals surface area contributed by atoms with Crippen LogP contribution in [0.4, 0.5) is 45.2 Å². The van der Waals surface area contributed by atoms with Crippen molar-refractivity contribution in [2.24, 2.45) is 5.92 Å². The molecule has 0 atom stereocenters. The molecule has 1 amide bonds. The van der Waals surface area contributed by atoms with Crippen LogP contribution in [0.15, 0.2) is 30.5 Å². The van der Waals surface area contributed by atoms with E-state index in [9.17, 15) is 44.3 Å². The number of benzene rings is 1. The summed E-state index contributed by atoms with van der Waals surface area (Å²) in [4.78, 5) is 16.0. The number of carbonyl (C=O) groups excluding carboxylic acids is 1. The summed E-state index contributed by atoms with van der Waals surface area (Å²) in [6.07, 6.45) is -3.05. The van der Waals surface area contributed by atoms with Crippen molar-refractivity contribution in [2.75, 3.05) is 5.32 Å². The summed E-state index contributed by atoms with van der Waals surface area (Å²) >= 11 is 0. The molecule has 1 aliphatic carbocycles. The van der Waals surface area contributed by atoms with Gasteiger partial charge in [-0.25, -0.2) is 0 Å². The Hall–Kier alpha value is -2.53. The number of nitrogens with one attached hydrogen (secondary N) is 1. The van der Waals surface area contributed by atoms with E-state index < -0.39 is 46.3 Å². The Balaban J connectivity index is 2.08. The summed E-state index contributed by atoms with van der Waals surface area (Å²) in [5.74, 6) is -20.5. The highest BCUT2D eigenvalue weighted by atomic mass is 19.4. The fourth-order valence-corrected chi connectivity index (χ4v) is 3.51. The molecular weight excluding hydrogens is 443 g/mol. The van der Waals surface area contributed by atoms with Gasteiger partial charge in [-0.1, -0.05) is 18.9 Å². The Morgan fingerprint density at radius 3 is 2.10 bits per heavy atom. The Morgan fingerprint density at radius 1 is 0.903 bits per heavy atom. The molecule has 31 heavy (non-hydrogen) atoms. The van der Waals surface area contributed by atoms with Gasteiger partial charge in [0.2, 0.25) is 5.91 Å². The minimum Gasteiger partial charge on any atom is -0.324 e. The maximum atomic E-state index is 14.5. The average molecular weight is 458 g/mol. The smallest absolute Gasteiger partial charge is 0.324 e. The van der Waals surface area contributed by atoms with Crippen molar-refractivity contribution in [3.05, 3.63) is 36.0 Å². The van der Waals surface area contributed by atoms with Crippen LogP contribution in [0.2, 0.25) is 0 Å². The third-order valence-corrected chi connectivity index (χ3v) is 5.24. The topological polar surface area (TPSA) is 42.0 Å². The predicted octanol–water partition coefficient (Wildman–Crippen LogP) is 6.29. The number of hydrogen-bond donors (Lipinski definition) is 1. The average Bonchev–Trinajstić information content (AvgIpc) is 3.22. The number of halogens is 9. The Morgan fingerprint density at radius 2 is 1.52 bits per heavy atom. The molecule has 0 bridgehead atoms. The third kappa shape index (κ3) is 3.69. The van der Waals surface area contributed by atoms with E-state index >= 15 is 0 Å². The number of nitrogens with zero attached hydrogens (tertiary/aromatic N) is 1. The van der Waals surface area contributed by atoms with Gasteiger partial charge in [0.1, 0.15) is 0 Å². The van der Waals surface area contributed by atoms with Gasteiger partial charge < -0.3 is 5.32 Å². The van der Waals surface area contributed by atoms with E-state index in [1.54, 1.807) is 0 Å². The van der Waals surface area contributed by atoms with Crippen molar-refractivity contribution >= 4 is 22.5 Å². The Labute approximate surface area is 169 Å². The summed E-state index contributed by atoms with van der Waals surface area (Å²) in [5.41, 5.74) is -2.38. The molecule has 1 saturated carbocycles. The normalized spacial score (nSPS) is 16.7. The Bertz CT molecular complexity index is 982. The van der Waals surface area contributed by atoms with E-state index in [1.165, 1.54) is 0 Å². The van der Waals surface area contributed by atoms with E-state index in [4.69, 9.17) is 0 Å². The zero-order valence-electron chi connectivity index (χ0n) is 15.5. The number of alkyl halides is 9. The third-order valence-electron chi connectivity index (χ3n) is 5.24. The summed E-state index contributed by atoms with van der Waals surface area (Å²) in [5, 5.41) is 1.64. The van der Waals surface area contributed by atoms with Gasteiger partial charge in [0.15, 0.2) is 0 Å².